The molecular formula is C22H28F3N7. The Bertz CT molecular complexity index is 1010. The number of hydrogen-bond acceptors (Lipinski definition) is 6. The molecule has 10 heteroatoms. The van der Waals surface area contributed by atoms with Crippen LogP contribution in [0.25, 0.3) is 0 Å². The van der Waals surface area contributed by atoms with E-state index in [-0.39, 0.29) is 22.8 Å². The number of amidine groups is 1. The number of nitrogens with two attached hydrogens (primary N) is 2. The van der Waals surface area contributed by atoms with Gasteiger partial charge in [-0.2, -0.15) is 13.2 Å². The molecule has 1 aromatic carbocycles. The fraction of sp³-hybridized carbons (Fsp3) is 0.500. The van der Waals surface area contributed by atoms with Crippen LogP contribution in [0.1, 0.15) is 43.0 Å². The van der Waals surface area contributed by atoms with Crippen molar-refractivity contribution in [1.82, 2.24) is 9.97 Å². The SMILES string of the molecule is CC1(CN)CCN(c2cnc(C(=N)N3CCCc4cc(C(F)(F)F)ccc43)c(N)n2)CC1. The molecule has 1 saturated heterocycles. The highest BCUT2D eigenvalue weighted by Gasteiger charge is 2.33. The summed E-state index contributed by atoms with van der Waals surface area (Å²) >= 11 is 0. The first-order valence-corrected chi connectivity index (χ1v) is 10.8. The number of piperidine rings is 1. The maximum absolute atomic E-state index is 13.1. The first kappa shape index (κ1) is 22.3. The average molecular weight is 448 g/mol. The molecule has 0 atom stereocenters. The zero-order chi connectivity index (χ0) is 23.1. The Kier molecular flexibility index (Phi) is 5.74. The molecule has 0 bridgehead atoms. The standard InChI is InChI=1S/C22H28F3N7/c1-21(13-26)6-9-31(10-7-21)17-12-29-18(19(27)30-17)20(28)32-8-2-3-14-11-15(22(23,24)25)4-5-16(14)32/h4-5,11-12,28H,2-3,6-10,13,26H2,1H3,(H2,27,30). The fourth-order valence-electron chi connectivity index (χ4n) is 4.34. The van der Waals surface area contributed by atoms with Crippen LogP contribution >= 0.6 is 0 Å². The molecule has 4 rings (SSSR count). The van der Waals surface area contributed by atoms with Crippen LogP contribution in [0.2, 0.25) is 0 Å². The average Bonchev–Trinajstić information content (AvgIpc) is 2.77. The summed E-state index contributed by atoms with van der Waals surface area (Å²) in [5, 5.41) is 8.66. The molecule has 0 spiro atoms. The van der Waals surface area contributed by atoms with E-state index >= 15 is 0 Å². The number of alkyl halides is 3. The zero-order valence-corrected chi connectivity index (χ0v) is 18.0. The first-order valence-electron chi connectivity index (χ1n) is 10.8. The van der Waals surface area contributed by atoms with Crippen LogP contribution in [-0.2, 0) is 12.6 Å². The third kappa shape index (κ3) is 4.23. The molecule has 1 aromatic heterocycles. The number of benzene rings is 1. The van der Waals surface area contributed by atoms with E-state index in [1.54, 1.807) is 11.1 Å². The summed E-state index contributed by atoms with van der Waals surface area (Å²) in [6.45, 7) is 4.94. The highest BCUT2D eigenvalue weighted by atomic mass is 19.4. The lowest BCUT2D eigenvalue weighted by molar-refractivity contribution is -0.137. The number of halogens is 3. The van der Waals surface area contributed by atoms with Gasteiger partial charge in [0.25, 0.3) is 0 Å². The van der Waals surface area contributed by atoms with Crippen LogP contribution in [0.3, 0.4) is 0 Å². The fourth-order valence-corrected chi connectivity index (χ4v) is 4.34. The summed E-state index contributed by atoms with van der Waals surface area (Å²) in [5.41, 5.74) is 12.9. The molecule has 5 N–H and O–H groups in total. The molecule has 3 heterocycles. The molecule has 0 aliphatic carbocycles. The van der Waals surface area contributed by atoms with Crippen LogP contribution in [0.5, 0.6) is 0 Å². The summed E-state index contributed by atoms with van der Waals surface area (Å²) in [6.07, 6.45) is 0.283. The second kappa shape index (κ2) is 8.23. The summed E-state index contributed by atoms with van der Waals surface area (Å²) in [4.78, 5) is 12.7. The Balaban J connectivity index is 1.55. The molecule has 2 aliphatic rings. The van der Waals surface area contributed by atoms with Crippen molar-refractivity contribution in [3.8, 4) is 0 Å². The molecule has 1 fully saturated rings. The van der Waals surface area contributed by atoms with Gasteiger partial charge in [0, 0.05) is 25.3 Å². The molecule has 32 heavy (non-hydrogen) atoms. The van der Waals surface area contributed by atoms with Gasteiger partial charge in [0.2, 0.25) is 0 Å². The van der Waals surface area contributed by atoms with Crippen molar-refractivity contribution in [3.05, 3.63) is 41.2 Å². The molecule has 0 unspecified atom stereocenters. The molecule has 0 radical (unpaired) electrons. The number of anilines is 3. The van der Waals surface area contributed by atoms with Gasteiger partial charge < -0.3 is 21.3 Å². The van der Waals surface area contributed by atoms with Gasteiger partial charge in [-0.3, -0.25) is 5.41 Å². The maximum atomic E-state index is 13.1. The third-order valence-corrected chi connectivity index (χ3v) is 6.59. The second-order valence-corrected chi connectivity index (χ2v) is 8.91. The molecule has 2 aliphatic heterocycles. The zero-order valence-electron chi connectivity index (χ0n) is 18.0. The van der Waals surface area contributed by atoms with Crippen molar-refractivity contribution in [2.75, 3.05) is 41.7 Å². The van der Waals surface area contributed by atoms with Crippen LogP contribution in [0.4, 0.5) is 30.5 Å². The number of nitrogens with zero attached hydrogens (tertiary/aromatic N) is 4. The molecule has 0 amide bonds. The number of hydrogen-bond donors (Lipinski definition) is 3. The molecule has 2 aromatic rings. The van der Waals surface area contributed by atoms with Crippen LogP contribution in [0.15, 0.2) is 24.4 Å². The van der Waals surface area contributed by atoms with Gasteiger partial charge in [0.15, 0.2) is 11.7 Å². The highest BCUT2D eigenvalue weighted by Crippen LogP contribution is 2.36. The number of aromatic nitrogens is 2. The third-order valence-electron chi connectivity index (χ3n) is 6.59. The summed E-state index contributed by atoms with van der Waals surface area (Å²) in [7, 11) is 0. The van der Waals surface area contributed by atoms with Gasteiger partial charge in [-0.05, 0) is 61.4 Å². The number of aryl methyl sites for hydroxylation is 1. The van der Waals surface area contributed by atoms with Crippen molar-refractivity contribution in [2.24, 2.45) is 11.1 Å². The van der Waals surface area contributed by atoms with E-state index in [0.717, 1.165) is 32.0 Å². The minimum absolute atomic E-state index is 0.0385. The first-order chi connectivity index (χ1) is 15.1. The number of fused-ring (bicyclic) bond motifs is 1. The van der Waals surface area contributed by atoms with Crippen molar-refractivity contribution in [3.63, 3.8) is 0 Å². The molecule has 172 valence electrons. The largest absolute Gasteiger partial charge is 0.416 e. The topological polar surface area (TPSA) is 108 Å². The van der Waals surface area contributed by atoms with Gasteiger partial charge in [-0.1, -0.05) is 6.92 Å². The number of rotatable bonds is 3. The van der Waals surface area contributed by atoms with E-state index in [4.69, 9.17) is 16.9 Å². The minimum atomic E-state index is -4.40. The summed E-state index contributed by atoms with van der Waals surface area (Å²) in [6, 6.07) is 3.64. The van der Waals surface area contributed by atoms with E-state index in [1.807, 2.05) is 0 Å². The Morgan fingerprint density at radius 1 is 1.22 bits per heavy atom. The molecule has 7 nitrogen and oxygen atoms in total. The van der Waals surface area contributed by atoms with E-state index in [0.29, 0.717) is 43.0 Å². The van der Waals surface area contributed by atoms with Crippen molar-refractivity contribution in [2.45, 2.75) is 38.8 Å². The van der Waals surface area contributed by atoms with Gasteiger partial charge >= 0.3 is 6.18 Å². The van der Waals surface area contributed by atoms with Crippen LogP contribution in [0, 0.1) is 10.8 Å². The van der Waals surface area contributed by atoms with Crippen molar-refractivity contribution in [1.29, 1.82) is 5.41 Å². The Labute approximate surface area is 185 Å². The highest BCUT2D eigenvalue weighted by molar-refractivity contribution is 6.09. The number of nitrogen functional groups attached to an aromatic ring is 1. The van der Waals surface area contributed by atoms with Crippen molar-refractivity contribution < 1.29 is 13.2 Å². The Morgan fingerprint density at radius 2 is 1.94 bits per heavy atom. The normalized spacial score (nSPS) is 18.4. The Morgan fingerprint density at radius 3 is 2.56 bits per heavy atom. The number of nitrogens with one attached hydrogen (secondary N) is 1. The summed E-state index contributed by atoms with van der Waals surface area (Å²) < 4.78 is 39.3. The Hall–Kier alpha value is -2.88. The van der Waals surface area contributed by atoms with Crippen LogP contribution in [-0.4, -0.2) is 42.0 Å². The monoisotopic (exact) mass is 447 g/mol. The smallest absolute Gasteiger partial charge is 0.382 e. The predicted molar refractivity (Wildman–Crippen MR) is 119 cm³/mol. The predicted octanol–water partition coefficient (Wildman–Crippen LogP) is 3.42. The van der Waals surface area contributed by atoms with E-state index in [1.165, 1.54) is 12.1 Å². The van der Waals surface area contributed by atoms with Gasteiger partial charge in [0.1, 0.15) is 11.5 Å². The minimum Gasteiger partial charge on any atom is -0.382 e. The van der Waals surface area contributed by atoms with E-state index in [2.05, 4.69) is 21.8 Å². The lowest BCUT2D eigenvalue weighted by Crippen LogP contribution is -2.42. The van der Waals surface area contributed by atoms with E-state index < -0.39 is 11.7 Å². The van der Waals surface area contributed by atoms with E-state index in [9.17, 15) is 13.2 Å². The summed E-state index contributed by atoms with van der Waals surface area (Å²) in [5.74, 6) is 0.835. The quantitative estimate of drug-likeness (QED) is 0.492. The van der Waals surface area contributed by atoms with Crippen molar-refractivity contribution >= 4 is 23.2 Å². The van der Waals surface area contributed by atoms with Crippen LogP contribution < -0.4 is 21.3 Å². The van der Waals surface area contributed by atoms with Gasteiger partial charge in [-0.15, -0.1) is 0 Å². The molecular weight excluding hydrogens is 419 g/mol. The van der Waals surface area contributed by atoms with Gasteiger partial charge in [-0.25, -0.2) is 9.97 Å². The molecule has 0 saturated carbocycles. The van der Waals surface area contributed by atoms with Gasteiger partial charge in [0.05, 0.1) is 11.8 Å². The second-order valence-electron chi connectivity index (χ2n) is 8.91. The lowest BCUT2D eigenvalue weighted by atomic mass is 9.80. The lowest BCUT2D eigenvalue weighted by Gasteiger charge is -2.39. The maximum Gasteiger partial charge on any atom is 0.416 e.